The molecular formula is C28H27N3S. The van der Waals surface area contributed by atoms with E-state index in [0.717, 1.165) is 29.1 Å². The minimum absolute atomic E-state index is 0.126. The number of aromatic nitrogens is 2. The second kappa shape index (κ2) is 8.44. The van der Waals surface area contributed by atoms with Crippen molar-refractivity contribution in [2.45, 2.75) is 43.9 Å². The van der Waals surface area contributed by atoms with Crippen LogP contribution in [0.2, 0.25) is 0 Å². The summed E-state index contributed by atoms with van der Waals surface area (Å²) < 4.78 is 3.42. The van der Waals surface area contributed by atoms with Gasteiger partial charge in [0.05, 0.1) is 11.4 Å². The Morgan fingerprint density at radius 1 is 0.812 bits per heavy atom. The Morgan fingerprint density at radius 2 is 1.47 bits per heavy atom. The Balaban J connectivity index is 1.66. The summed E-state index contributed by atoms with van der Waals surface area (Å²) in [6.07, 6.45) is 2.02. The molecular weight excluding hydrogens is 410 g/mol. The average molecular weight is 438 g/mol. The van der Waals surface area contributed by atoms with Crippen LogP contribution < -0.4 is 4.72 Å². The van der Waals surface area contributed by atoms with Crippen LogP contribution in [0.15, 0.2) is 83.8 Å². The van der Waals surface area contributed by atoms with Crippen LogP contribution in [-0.4, -0.2) is 9.97 Å². The van der Waals surface area contributed by atoms with Crippen molar-refractivity contribution in [1.29, 1.82) is 0 Å². The zero-order chi connectivity index (χ0) is 22.1. The molecule has 0 aliphatic heterocycles. The SMILES string of the molecule is Cc1cccc(C)c1-c1nc(NSc2ccccc2)nc2c1CCC2(C)c1ccccc1. The van der Waals surface area contributed by atoms with Crippen LogP contribution in [0.3, 0.4) is 0 Å². The first kappa shape index (κ1) is 20.8. The van der Waals surface area contributed by atoms with E-state index in [9.17, 15) is 0 Å². The molecule has 1 aliphatic carbocycles. The monoisotopic (exact) mass is 437 g/mol. The van der Waals surface area contributed by atoms with Gasteiger partial charge in [-0.05, 0) is 74.4 Å². The lowest BCUT2D eigenvalue weighted by atomic mass is 9.80. The Labute approximate surface area is 194 Å². The predicted octanol–water partition coefficient (Wildman–Crippen LogP) is 7.13. The third-order valence-corrected chi connectivity index (χ3v) is 7.33. The maximum absolute atomic E-state index is 5.10. The van der Waals surface area contributed by atoms with Gasteiger partial charge in [0, 0.05) is 21.4 Å². The van der Waals surface area contributed by atoms with Crippen LogP contribution in [0.25, 0.3) is 11.3 Å². The van der Waals surface area contributed by atoms with Crippen molar-refractivity contribution in [3.8, 4) is 11.3 Å². The molecule has 4 heteroatoms. The molecule has 160 valence electrons. The van der Waals surface area contributed by atoms with E-state index in [1.54, 1.807) is 11.9 Å². The quantitative estimate of drug-likeness (QED) is 0.337. The summed E-state index contributed by atoms with van der Waals surface area (Å²) in [6.45, 7) is 6.67. The molecule has 1 heterocycles. The molecule has 0 fully saturated rings. The molecule has 0 bridgehead atoms. The second-order valence-electron chi connectivity index (χ2n) is 8.71. The maximum atomic E-state index is 5.10. The first-order valence-corrected chi connectivity index (χ1v) is 11.9. The topological polar surface area (TPSA) is 37.8 Å². The number of nitrogens with one attached hydrogen (secondary N) is 1. The summed E-state index contributed by atoms with van der Waals surface area (Å²) in [5, 5.41) is 0. The first-order valence-electron chi connectivity index (χ1n) is 11.1. The summed E-state index contributed by atoms with van der Waals surface area (Å²) in [5.74, 6) is 0.666. The fourth-order valence-electron chi connectivity index (χ4n) is 4.79. The molecule has 0 saturated heterocycles. The Hall–Kier alpha value is -3.11. The molecule has 1 aliphatic rings. The van der Waals surface area contributed by atoms with Gasteiger partial charge in [0.15, 0.2) is 0 Å². The number of rotatable bonds is 5. The number of benzene rings is 3. The van der Waals surface area contributed by atoms with Gasteiger partial charge in [-0.1, -0.05) is 66.7 Å². The number of fused-ring (bicyclic) bond motifs is 1. The molecule has 4 aromatic rings. The molecule has 3 nitrogen and oxygen atoms in total. The largest absolute Gasteiger partial charge is 0.294 e. The Kier molecular flexibility index (Phi) is 5.48. The van der Waals surface area contributed by atoms with Crippen molar-refractivity contribution >= 4 is 17.9 Å². The van der Waals surface area contributed by atoms with Gasteiger partial charge in [0.1, 0.15) is 0 Å². The van der Waals surface area contributed by atoms with Gasteiger partial charge in [0.2, 0.25) is 5.95 Å². The molecule has 0 spiro atoms. The van der Waals surface area contributed by atoms with Crippen LogP contribution in [0, 0.1) is 13.8 Å². The minimum atomic E-state index is -0.126. The van der Waals surface area contributed by atoms with E-state index in [-0.39, 0.29) is 5.41 Å². The number of nitrogens with zero attached hydrogens (tertiary/aromatic N) is 2. The third kappa shape index (κ3) is 3.69. The van der Waals surface area contributed by atoms with Crippen LogP contribution >= 0.6 is 11.9 Å². The van der Waals surface area contributed by atoms with Gasteiger partial charge in [-0.15, -0.1) is 0 Å². The van der Waals surface area contributed by atoms with Crippen LogP contribution in [-0.2, 0) is 11.8 Å². The standard InChI is InChI=1S/C28H27N3S/c1-19-11-10-12-20(2)24(19)25-23-17-18-28(3,21-13-6-4-7-14-21)26(23)30-27(29-25)31-32-22-15-8-5-9-16-22/h4-16H,17-18H2,1-3H3,(H,29,30,31). The molecule has 1 atom stereocenters. The van der Waals surface area contributed by atoms with Crippen molar-refractivity contribution < 1.29 is 0 Å². The number of aryl methyl sites for hydroxylation is 2. The molecule has 0 saturated carbocycles. The highest BCUT2D eigenvalue weighted by atomic mass is 32.2. The second-order valence-corrected chi connectivity index (χ2v) is 9.58. The van der Waals surface area contributed by atoms with E-state index < -0.39 is 0 Å². The van der Waals surface area contributed by atoms with Gasteiger partial charge < -0.3 is 0 Å². The molecule has 0 radical (unpaired) electrons. The van der Waals surface area contributed by atoms with E-state index in [0.29, 0.717) is 5.95 Å². The van der Waals surface area contributed by atoms with Crippen molar-refractivity contribution in [1.82, 2.24) is 9.97 Å². The zero-order valence-electron chi connectivity index (χ0n) is 18.7. The third-order valence-electron chi connectivity index (χ3n) is 6.54. The molecule has 1 aromatic heterocycles. The fourth-order valence-corrected chi connectivity index (χ4v) is 5.38. The summed E-state index contributed by atoms with van der Waals surface area (Å²) in [4.78, 5) is 11.3. The predicted molar refractivity (Wildman–Crippen MR) is 134 cm³/mol. The van der Waals surface area contributed by atoms with E-state index in [1.807, 2.05) is 18.2 Å². The summed E-state index contributed by atoms with van der Waals surface area (Å²) >= 11 is 1.55. The molecule has 32 heavy (non-hydrogen) atoms. The Morgan fingerprint density at radius 3 is 2.16 bits per heavy atom. The lowest BCUT2D eigenvalue weighted by Gasteiger charge is -2.26. The van der Waals surface area contributed by atoms with Gasteiger partial charge >= 0.3 is 0 Å². The first-order chi connectivity index (χ1) is 15.6. The molecule has 1 unspecified atom stereocenters. The lowest BCUT2D eigenvalue weighted by Crippen LogP contribution is -2.22. The van der Waals surface area contributed by atoms with Crippen LogP contribution in [0.1, 0.15) is 41.3 Å². The van der Waals surface area contributed by atoms with Crippen molar-refractivity contribution in [2.24, 2.45) is 0 Å². The summed E-state index contributed by atoms with van der Waals surface area (Å²) in [6, 6.07) is 27.5. The van der Waals surface area contributed by atoms with Crippen LogP contribution in [0.4, 0.5) is 5.95 Å². The number of hydrogen-bond acceptors (Lipinski definition) is 4. The smallest absolute Gasteiger partial charge is 0.233 e. The fraction of sp³-hybridized carbons (Fsp3) is 0.214. The Bertz CT molecular complexity index is 1230. The van der Waals surface area contributed by atoms with E-state index in [2.05, 4.69) is 86.2 Å². The highest BCUT2D eigenvalue weighted by Gasteiger charge is 2.40. The summed E-state index contributed by atoms with van der Waals surface area (Å²) in [7, 11) is 0. The zero-order valence-corrected chi connectivity index (χ0v) is 19.5. The normalized spacial score (nSPS) is 17.2. The molecule has 3 aromatic carbocycles. The van der Waals surface area contributed by atoms with Crippen LogP contribution in [0.5, 0.6) is 0 Å². The van der Waals surface area contributed by atoms with Gasteiger partial charge in [-0.25, -0.2) is 9.97 Å². The average Bonchev–Trinajstić information content (AvgIpc) is 3.17. The van der Waals surface area contributed by atoms with E-state index in [1.165, 1.54) is 27.8 Å². The minimum Gasteiger partial charge on any atom is -0.294 e. The number of anilines is 1. The summed E-state index contributed by atoms with van der Waals surface area (Å²) in [5.41, 5.74) is 8.42. The highest BCUT2D eigenvalue weighted by Crippen LogP contribution is 2.46. The molecule has 5 rings (SSSR count). The lowest BCUT2D eigenvalue weighted by molar-refractivity contribution is 0.553. The maximum Gasteiger partial charge on any atom is 0.233 e. The van der Waals surface area contributed by atoms with Crippen molar-refractivity contribution in [3.05, 3.63) is 107 Å². The van der Waals surface area contributed by atoms with E-state index in [4.69, 9.17) is 9.97 Å². The van der Waals surface area contributed by atoms with Crippen molar-refractivity contribution in [3.63, 3.8) is 0 Å². The van der Waals surface area contributed by atoms with Crippen molar-refractivity contribution in [2.75, 3.05) is 4.72 Å². The molecule has 0 amide bonds. The van der Waals surface area contributed by atoms with Gasteiger partial charge in [-0.3, -0.25) is 4.72 Å². The molecule has 1 N–H and O–H groups in total. The van der Waals surface area contributed by atoms with Gasteiger partial charge in [0.25, 0.3) is 0 Å². The van der Waals surface area contributed by atoms with Gasteiger partial charge in [-0.2, -0.15) is 0 Å². The number of hydrogen-bond donors (Lipinski definition) is 1. The highest BCUT2D eigenvalue weighted by molar-refractivity contribution is 8.00. The van der Waals surface area contributed by atoms with E-state index >= 15 is 0 Å².